The molecule has 0 aromatic heterocycles. The Morgan fingerprint density at radius 1 is 1.30 bits per heavy atom. The number of ether oxygens (including phenoxy) is 1. The van der Waals surface area contributed by atoms with Crippen molar-refractivity contribution in [3.63, 3.8) is 0 Å². The Morgan fingerprint density at radius 2 is 1.80 bits per heavy atom. The molecule has 0 bridgehead atoms. The van der Waals surface area contributed by atoms with Crippen molar-refractivity contribution in [2.24, 2.45) is 0 Å². The van der Waals surface area contributed by atoms with Gasteiger partial charge in [-0.3, -0.25) is 4.79 Å². The van der Waals surface area contributed by atoms with Crippen molar-refractivity contribution in [2.75, 3.05) is 14.2 Å². The predicted octanol–water partition coefficient (Wildman–Crippen LogP) is 2.88. The maximum Gasteiger partial charge on any atom is 0.254 e. The van der Waals surface area contributed by atoms with E-state index in [4.69, 9.17) is 4.74 Å². The number of carbonyl (C=O) groups excluding carboxylic acids is 1. The van der Waals surface area contributed by atoms with Crippen LogP contribution in [0.3, 0.4) is 0 Å². The molecule has 3 nitrogen and oxygen atoms in total. The fourth-order valence-electron chi connectivity index (χ4n) is 1.83. The average molecular weight is 289 g/mol. The molecule has 0 aliphatic heterocycles. The van der Waals surface area contributed by atoms with E-state index in [2.05, 4.69) is 0 Å². The molecule has 0 aliphatic carbocycles. The Bertz CT molecular complexity index is 478. The second kappa shape index (κ2) is 6.26. The van der Waals surface area contributed by atoms with Crippen molar-refractivity contribution < 1.29 is 22.7 Å². The lowest BCUT2D eigenvalue weighted by molar-refractivity contribution is -0.152. The molecule has 1 aromatic rings. The number of halogens is 3. The molecule has 0 spiro atoms. The third-order valence-corrected chi connectivity index (χ3v) is 3.39. The number of rotatable bonds is 5. The summed E-state index contributed by atoms with van der Waals surface area (Å²) in [5.41, 5.74) is -0.821. The summed E-state index contributed by atoms with van der Waals surface area (Å²) >= 11 is 0. The monoisotopic (exact) mass is 289 g/mol. The number of hydrogen-bond acceptors (Lipinski definition) is 2. The maximum atomic E-state index is 13.1. The molecule has 0 fully saturated rings. The summed E-state index contributed by atoms with van der Waals surface area (Å²) in [7, 11) is 2.92. The summed E-state index contributed by atoms with van der Waals surface area (Å²) in [6.45, 7) is 3.40. The van der Waals surface area contributed by atoms with Gasteiger partial charge in [0.15, 0.2) is 17.5 Å². The van der Waals surface area contributed by atoms with Gasteiger partial charge in [0.25, 0.3) is 5.91 Å². The lowest BCUT2D eigenvalue weighted by Gasteiger charge is -2.30. The van der Waals surface area contributed by atoms with Gasteiger partial charge in [0.2, 0.25) is 0 Å². The molecule has 1 unspecified atom stereocenters. The Morgan fingerprint density at radius 3 is 2.20 bits per heavy atom. The van der Waals surface area contributed by atoms with E-state index >= 15 is 0 Å². The summed E-state index contributed by atoms with van der Waals surface area (Å²) in [6.07, 6.45) is 0.457. The van der Waals surface area contributed by atoms with E-state index in [1.165, 1.54) is 19.1 Å². The lowest BCUT2D eigenvalue weighted by Crippen LogP contribution is -2.46. The van der Waals surface area contributed by atoms with Gasteiger partial charge >= 0.3 is 0 Å². The Labute approximate surface area is 116 Å². The van der Waals surface area contributed by atoms with Crippen LogP contribution in [0.1, 0.15) is 25.8 Å². The van der Waals surface area contributed by atoms with Gasteiger partial charge in [-0.2, -0.15) is 0 Å². The zero-order valence-electron chi connectivity index (χ0n) is 12.0. The van der Waals surface area contributed by atoms with Crippen molar-refractivity contribution in [2.45, 2.75) is 32.4 Å². The van der Waals surface area contributed by atoms with Crippen LogP contribution >= 0.6 is 0 Å². The van der Waals surface area contributed by atoms with Gasteiger partial charge in [-0.15, -0.1) is 0 Å². The molecular formula is C14H18F3NO2. The summed E-state index contributed by atoms with van der Waals surface area (Å²) in [5, 5.41) is 0. The third-order valence-electron chi connectivity index (χ3n) is 3.39. The molecule has 1 amide bonds. The molecule has 0 aliphatic rings. The van der Waals surface area contributed by atoms with Gasteiger partial charge < -0.3 is 9.64 Å². The van der Waals surface area contributed by atoms with E-state index in [9.17, 15) is 18.0 Å². The number of carbonyl (C=O) groups is 1. The molecule has 112 valence electrons. The number of likely N-dealkylation sites (N-methyl/N-ethyl adjacent to an activating group) is 1. The highest BCUT2D eigenvalue weighted by Gasteiger charge is 2.33. The van der Waals surface area contributed by atoms with E-state index in [0.29, 0.717) is 6.42 Å². The first-order chi connectivity index (χ1) is 9.25. The van der Waals surface area contributed by atoms with Crippen LogP contribution in [0.15, 0.2) is 12.1 Å². The minimum absolute atomic E-state index is 0.0358. The van der Waals surface area contributed by atoms with E-state index in [1.807, 2.05) is 0 Å². The van der Waals surface area contributed by atoms with E-state index in [0.717, 1.165) is 12.1 Å². The molecule has 1 aromatic carbocycles. The first kappa shape index (κ1) is 16.5. The van der Waals surface area contributed by atoms with Gasteiger partial charge in [-0.25, -0.2) is 13.2 Å². The molecule has 0 heterocycles. The van der Waals surface area contributed by atoms with Crippen LogP contribution in [0.5, 0.6) is 0 Å². The van der Waals surface area contributed by atoms with Crippen molar-refractivity contribution >= 4 is 5.91 Å². The maximum absolute atomic E-state index is 13.1. The van der Waals surface area contributed by atoms with Crippen LogP contribution in [0.4, 0.5) is 13.2 Å². The summed E-state index contributed by atoms with van der Waals surface area (Å²) in [4.78, 5) is 13.5. The Kier molecular flexibility index (Phi) is 5.16. The minimum Gasteiger partial charge on any atom is -0.369 e. The molecule has 6 heteroatoms. The SMILES string of the molecule is CCC(C)(OC)C(=O)N(C)Cc1cc(F)c(F)c(F)c1. The van der Waals surface area contributed by atoms with Crippen LogP contribution in [-0.2, 0) is 16.1 Å². The molecule has 0 radical (unpaired) electrons. The molecule has 0 N–H and O–H groups in total. The summed E-state index contributed by atoms with van der Waals surface area (Å²) in [6, 6.07) is 1.75. The highest BCUT2D eigenvalue weighted by atomic mass is 19.2. The number of amides is 1. The van der Waals surface area contributed by atoms with E-state index < -0.39 is 23.1 Å². The topological polar surface area (TPSA) is 29.5 Å². The highest BCUT2D eigenvalue weighted by Crippen LogP contribution is 2.20. The number of nitrogens with zero attached hydrogens (tertiary/aromatic N) is 1. The van der Waals surface area contributed by atoms with Gasteiger partial charge in [-0.1, -0.05) is 6.92 Å². The second-order valence-electron chi connectivity index (χ2n) is 4.82. The zero-order valence-corrected chi connectivity index (χ0v) is 12.0. The predicted molar refractivity (Wildman–Crippen MR) is 68.5 cm³/mol. The second-order valence-corrected chi connectivity index (χ2v) is 4.82. The standard InChI is InChI=1S/C14H18F3NO2/c1-5-14(2,20-4)13(19)18(3)8-9-6-10(15)12(17)11(16)7-9/h6-7H,5,8H2,1-4H3. The first-order valence-electron chi connectivity index (χ1n) is 6.19. The highest BCUT2D eigenvalue weighted by molar-refractivity contribution is 5.84. The lowest BCUT2D eigenvalue weighted by atomic mass is 10.0. The van der Waals surface area contributed by atoms with Gasteiger partial charge in [0, 0.05) is 20.7 Å². The fourth-order valence-corrected chi connectivity index (χ4v) is 1.83. The minimum atomic E-state index is -1.52. The van der Waals surface area contributed by atoms with E-state index in [1.54, 1.807) is 13.8 Å². The van der Waals surface area contributed by atoms with E-state index in [-0.39, 0.29) is 18.0 Å². The quantitative estimate of drug-likeness (QED) is 0.780. The van der Waals surface area contributed by atoms with Crippen LogP contribution in [-0.4, -0.2) is 30.6 Å². The number of benzene rings is 1. The smallest absolute Gasteiger partial charge is 0.254 e. The first-order valence-corrected chi connectivity index (χ1v) is 6.19. The van der Waals surface area contributed by atoms with Gasteiger partial charge in [0.05, 0.1) is 0 Å². The van der Waals surface area contributed by atoms with Crippen LogP contribution in [0.25, 0.3) is 0 Å². The number of hydrogen-bond donors (Lipinski definition) is 0. The summed E-state index contributed by atoms with van der Waals surface area (Å²) in [5.74, 6) is -4.37. The molecule has 0 saturated carbocycles. The summed E-state index contributed by atoms with van der Waals surface area (Å²) < 4.78 is 44.3. The fraction of sp³-hybridized carbons (Fsp3) is 0.500. The molecule has 1 atom stereocenters. The van der Waals surface area contributed by atoms with Crippen LogP contribution in [0, 0.1) is 17.5 Å². The van der Waals surface area contributed by atoms with Gasteiger partial charge in [-0.05, 0) is 31.0 Å². The van der Waals surface area contributed by atoms with Crippen LogP contribution in [0.2, 0.25) is 0 Å². The van der Waals surface area contributed by atoms with Gasteiger partial charge in [0.1, 0.15) is 5.60 Å². The molecule has 20 heavy (non-hydrogen) atoms. The number of methoxy groups -OCH3 is 1. The Hall–Kier alpha value is -1.56. The largest absolute Gasteiger partial charge is 0.369 e. The molecule has 0 saturated heterocycles. The Balaban J connectivity index is 2.91. The zero-order chi connectivity index (χ0) is 15.5. The van der Waals surface area contributed by atoms with Crippen LogP contribution < -0.4 is 0 Å². The molecule has 1 rings (SSSR count). The van der Waals surface area contributed by atoms with Crippen molar-refractivity contribution in [1.29, 1.82) is 0 Å². The van der Waals surface area contributed by atoms with Crippen molar-refractivity contribution in [3.8, 4) is 0 Å². The third kappa shape index (κ3) is 3.30. The van der Waals surface area contributed by atoms with Crippen molar-refractivity contribution in [3.05, 3.63) is 35.1 Å². The average Bonchev–Trinajstić information content (AvgIpc) is 2.42. The van der Waals surface area contributed by atoms with Crippen molar-refractivity contribution in [1.82, 2.24) is 4.90 Å². The normalized spacial score (nSPS) is 13.9. The molecular weight excluding hydrogens is 271 g/mol.